The van der Waals surface area contributed by atoms with E-state index in [9.17, 15) is 20.1 Å². The smallest absolute Gasteiger partial charge is 0.278 e. The van der Waals surface area contributed by atoms with Gasteiger partial charge in [-0.1, -0.05) is 0 Å². The maximum absolute atomic E-state index is 11.9. The summed E-state index contributed by atoms with van der Waals surface area (Å²) in [6.07, 6.45) is -0.0406. The third-order valence-corrected chi connectivity index (χ3v) is 4.74. The molecule has 14 heteroatoms. The molecule has 5 rings (SSSR count). The number of fused-ring (bicyclic) bond motifs is 2. The normalized spacial score (nSPS) is 25.1. The summed E-state index contributed by atoms with van der Waals surface area (Å²) in [6, 6.07) is 0. The highest BCUT2D eigenvalue weighted by atomic mass is 16.6. The van der Waals surface area contributed by atoms with Crippen LogP contribution in [0.3, 0.4) is 0 Å². The number of nitrogens with zero attached hydrogens (tertiary/aromatic N) is 7. The van der Waals surface area contributed by atoms with Gasteiger partial charge in [-0.3, -0.25) is 14.3 Å². The van der Waals surface area contributed by atoms with Crippen LogP contribution in [0.15, 0.2) is 30.1 Å². The summed E-state index contributed by atoms with van der Waals surface area (Å²) < 4.78 is 7.06. The number of aliphatic hydroxyl groups is 3. The second-order valence-electron chi connectivity index (χ2n) is 6.34. The van der Waals surface area contributed by atoms with Crippen molar-refractivity contribution in [1.82, 2.24) is 39.5 Å². The van der Waals surface area contributed by atoms with Gasteiger partial charge in [0.2, 0.25) is 0 Å². The van der Waals surface area contributed by atoms with Crippen LogP contribution in [0.1, 0.15) is 6.23 Å². The molecule has 1 fully saturated rings. The zero-order chi connectivity index (χ0) is 20.1. The Labute approximate surface area is 160 Å². The Morgan fingerprint density at radius 1 is 1.07 bits per heavy atom. The van der Waals surface area contributed by atoms with Crippen molar-refractivity contribution in [3.8, 4) is 0 Å². The van der Waals surface area contributed by atoms with Crippen LogP contribution in [0.4, 0.5) is 5.82 Å². The molecule has 5 heterocycles. The summed E-state index contributed by atoms with van der Waals surface area (Å²) in [5, 5.41) is 31.5. The van der Waals surface area contributed by atoms with Crippen molar-refractivity contribution in [1.29, 1.82) is 0 Å². The molecule has 4 atom stereocenters. The van der Waals surface area contributed by atoms with E-state index >= 15 is 0 Å². The Balaban J connectivity index is 1.65. The van der Waals surface area contributed by atoms with Crippen molar-refractivity contribution in [2.24, 2.45) is 0 Å². The number of ether oxygens (including phenoxy) is 1. The zero-order valence-corrected chi connectivity index (χ0v) is 14.6. The fourth-order valence-electron chi connectivity index (χ4n) is 3.39. The molecule has 2 unspecified atom stereocenters. The SMILES string of the molecule is O=c1[nH]cnc2c1ncn2[C@@H]1O[C@H](CO)C(O)N(c2ncnc3nc[nH]c23)C1O. The standard InChI is InChI=1S/C15H15N9O5/c25-1-6-13(27)24(11-7-9(17-2-16-7)18-3-20-11)14(28)15(29-6)23-5-22-8-10(23)19-4-21-12(8)26/h2-6,13-15,25,27-28H,1H2,(H,19,21,26)(H,16,17,18,20)/t6-,13?,14?,15-/m1/s1. The van der Waals surface area contributed by atoms with Crippen molar-refractivity contribution in [2.45, 2.75) is 24.8 Å². The van der Waals surface area contributed by atoms with Gasteiger partial charge in [0.25, 0.3) is 5.56 Å². The average Bonchev–Trinajstić information content (AvgIpc) is 3.36. The van der Waals surface area contributed by atoms with E-state index in [1.54, 1.807) is 0 Å². The zero-order valence-electron chi connectivity index (χ0n) is 14.6. The van der Waals surface area contributed by atoms with Crippen molar-refractivity contribution >= 4 is 28.1 Å². The molecule has 1 aliphatic rings. The highest BCUT2D eigenvalue weighted by Gasteiger charge is 2.45. The lowest BCUT2D eigenvalue weighted by Gasteiger charge is -2.45. The molecule has 5 N–H and O–H groups in total. The number of hydrogen-bond acceptors (Lipinski definition) is 11. The predicted octanol–water partition coefficient (Wildman–Crippen LogP) is -2.18. The molecule has 0 radical (unpaired) electrons. The van der Waals surface area contributed by atoms with Gasteiger partial charge in [-0.05, 0) is 0 Å². The molecular formula is C15H15N9O5. The van der Waals surface area contributed by atoms with Crippen LogP contribution < -0.4 is 10.5 Å². The molecule has 1 aliphatic heterocycles. The van der Waals surface area contributed by atoms with Gasteiger partial charge in [-0.25, -0.2) is 24.9 Å². The largest absolute Gasteiger partial charge is 0.393 e. The molecule has 4 aromatic rings. The van der Waals surface area contributed by atoms with E-state index in [0.29, 0.717) is 11.2 Å². The van der Waals surface area contributed by atoms with Gasteiger partial charge in [0.15, 0.2) is 41.3 Å². The molecule has 0 bridgehead atoms. The summed E-state index contributed by atoms with van der Waals surface area (Å²) >= 11 is 0. The molecule has 29 heavy (non-hydrogen) atoms. The highest BCUT2D eigenvalue weighted by molar-refractivity contribution is 5.83. The van der Waals surface area contributed by atoms with Gasteiger partial charge in [0.1, 0.15) is 17.9 Å². The molecule has 0 aliphatic carbocycles. The highest BCUT2D eigenvalue weighted by Crippen LogP contribution is 2.34. The number of aromatic nitrogens is 8. The number of nitrogens with one attached hydrogen (secondary N) is 2. The Hall–Kier alpha value is -3.46. The second kappa shape index (κ2) is 6.56. The number of anilines is 1. The Morgan fingerprint density at radius 2 is 1.90 bits per heavy atom. The minimum atomic E-state index is -1.48. The van der Waals surface area contributed by atoms with E-state index in [1.807, 2.05) is 0 Å². The van der Waals surface area contributed by atoms with Crippen LogP contribution in [0, 0.1) is 0 Å². The number of aliphatic hydroxyl groups excluding tert-OH is 3. The minimum Gasteiger partial charge on any atom is -0.393 e. The summed E-state index contributed by atoms with van der Waals surface area (Å²) in [5.74, 6) is 0.162. The topological polar surface area (TPSA) is 191 Å². The number of hydrogen-bond donors (Lipinski definition) is 5. The summed E-state index contributed by atoms with van der Waals surface area (Å²) in [4.78, 5) is 38.7. The molecule has 0 saturated carbocycles. The van der Waals surface area contributed by atoms with Crippen LogP contribution in [0.2, 0.25) is 0 Å². The summed E-state index contributed by atoms with van der Waals surface area (Å²) in [5.41, 5.74) is 0.483. The molecule has 14 nitrogen and oxygen atoms in total. The lowest BCUT2D eigenvalue weighted by molar-refractivity contribution is -0.202. The number of imidazole rings is 2. The Morgan fingerprint density at radius 3 is 2.72 bits per heavy atom. The lowest BCUT2D eigenvalue weighted by atomic mass is 10.2. The van der Waals surface area contributed by atoms with Gasteiger partial charge < -0.3 is 30.0 Å². The average molecular weight is 401 g/mol. The molecular weight excluding hydrogens is 386 g/mol. The summed E-state index contributed by atoms with van der Waals surface area (Å²) in [7, 11) is 0. The third kappa shape index (κ3) is 2.58. The molecule has 0 spiro atoms. The Bertz CT molecular complexity index is 1240. The van der Waals surface area contributed by atoms with Crippen molar-refractivity contribution in [3.05, 3.63) is 35.7 Å². The number of morpholine rings is 1. The first-order chi connectivity index (χ1) is 14.1. The van der Waals surface area contributed by atoms with Crippen molar-refractivity contribution in [2.75, 3.05) is 11.5 Å². The van der Waals surface area contributed by atoms with Crippen molar-refractivity contribution in [3.63, 3.8) is 0 Å². The van der Waals surface area contributed by atoms with Crippen molar-refractivity contribution < 1.29 is 20.1 Å². The number of H-pyrrole nitrogens is 2. The van der Waals surface area contributed by atoms with Crippen LogP contribution in [-0.2, 0) is 4.74 Å². The molecule has 1 saturated heterocycles. The van der Waals surface area contributed by atoms with E-state index in [0.717, 1.165) is 0 Å². The molecule has 0 amide bonds. The van der Waals surface area contributed by atoms with Gasteiger partial charge in [-0.15, -0.1) is 0 Å². The second-order valence-corrected chi connectivity index (χ2v) is 6.34. The van der Waals surface area contributed by atoms with E-state index in [4.69, 9.17) is 4.74 Å². The fourth-order valence-corrected chi connectivity index (χ4v) is 3.39. The molecule has 4 aromatic heterocycles. The van der Waals surface area contributed by atoms with Gasteiger partial charge in [0.05, 0.1) is 25.6 Å². The van der Waals surface area contributed by atoms with E-state index in [1.165, 1.54) is 34.8 Å². The van der Waals surface area contributed by atoms with Gasteiger partial charge in [-0.2, -0.15) is 0 Å². The predicted molar refractivity (Wildman–Crippen MR) is 95.3 cm³/mol. The maximum Gasteiger partial charge on any atom is 0.278 e. The van der Waals surface area contributed by atoms with Crippen LogP contribution in [0.5, 0.6) is 0 Å². The molecule has 0 aromatic carbocycles. The number of aromatic amines is 2. The first kappa shape index (κ1) is 17.6. The Kier molecular flexibility index (Phi) is 3.99. The van der Waals surface area contributed by atoms with Gasteiger partial charge in [0, 0.05) is 0 Å². The monoisotopic (exact) mass is 401 g/mol. The van der Waals surface area contributed by atoms with E-state index in [2.05, 4.69) is 34.9 Å². The first-order valence-corrected chi connectivity index (χ1v) is 8.55. The first-order valence-electron chi connectivity index (χ1n) is 8.55. The lowest BCUT2D eigenvalue weighted by Crippen LogP contribution is -2.60. The van der Waals surface area contributed by atoms with Crippen LogP contribution in [0.25, 0.3) is 22.3 Å². The van der Waals surface area contributed by atoms with Gasteiger partial charge >= 0.3 is 0 Å². The van der Waals surface area contributed by atoms with E-state index < -0.39 is 37.0 Å². The maximum atomic E-state index is 11.9. The fraction of sp³-hybridized carbons (Fsp3) is 0.333. The quantitative estimate of drug-likeness (QED) is 0.251. The van der Waals surface area contributed by atoms with Crippen LogP contribution >= 0.6 is 0 Å². The number of rotatable bonds is 3. The summed E-state index contributed by atoms with van der Waals surface area (Å²) in [6.45, 7) is -0.543. The van der Waals surface area contributed by atoms with E-state index in [-0.39, 0.29) is 17.0 Å². The minimum absolute atomic E-state index is 0.0551. The van der Waals surface area contributed by atoms with Crippen LogP contribution in [-0.4, -0.2) is 79.9 Å². The molecule has 150 valence electrons. The third-order valence-electron chi connectivity index (χ3n) is 4.74.